The Morgan fingerprint density at radius 2 is 0.738 bits per heavy atom. The molecule has 2 heterocycles. The van der Waals surface area contributed by atoms with Crippen molar-refractivity contribution >= 4 is 54.1 Å². The predicted octanol–water partition coefficient (Wildman–Crippen LogP) is 10.7. The summed E-state index contributed by atoms with van der Waals surface area (Å²) in [6, 6.07) is 52.0. The lowest BCUT2D eigenvalue weighted by Gasteiger charge is -2.13. The topological polar surface area (TPSA) is 25.8 Å². The molecule has 0 saturated heterocycles. The maximum atomic E-state index is 5.14. The Labute approximate surface area is 242 Å². The number of benzene rings is 7. The van der Waals surface area contributed by atoms with Gasteiger partial charge in [-0.1, -0.05) is 121 Å². The zero-order valence-electron chi connectivity index (χ0n) is 22.8. The lowest BCUT2D eigenvalue weighted by Crippen LogP contribution is -1.91. The SMILES string of the molecule is c1ccc(-c2ccc3ccc4ccc(-c5ccc(-c6cc7ccc8cccc9ccc(c6)c7c89)cc5)nc4c3n2)cc1. The maximum Gasteiger partial charge on any atom is 0.0972 e. The second kappa shape index (κ2) is 8.95. The van der Waals surface area contributed by atoms with Crippen molar-refractivity contribution in [1.82, 2.24) is 9.97 Å². The van der Waals surface area contributed by atoms with Crippen LogP contribution in [0.3, 0.4) is 0 Å². The molecule has 2 heteroatoms. The van der Waals surface area contributed by atoms with Gasteiger partial charge in [-0.05, 0) is 67.7 Å². The van der Waals surface area contributed by atoms with E-state index in [9.17, 15) is 0 Å². The smallest absolute Gasteiger partial charge is 0.0972 e. The van der Waals surface area contributed by atoms with Crippen LogP contribution >= 0.6 is 0 Å². The van der Waals surface area contributed by atoms with Crippen LogP contribution < -0.4 is 0 Å². The predicted molar refractivity (Wildman–Crippen MR) is 177 cm³/mol. The number of aromatic nitrogens is 2. The van der Waals surface area contributed by atoms with Gasteiger partial charge in [0.25, 0.3) is 0 Å². The van der Waals surface area contributed by atoms with Crippen molar-refractivity contribution in [1.29, 1.82) is 0 Å². The highest BCUT2D eigenvalue weighted by atomic mass is 14.8. The lowest BCUT2D eigenvalue weighted by molar-refractivity contribution is 1.36. The van der Waals surface area contributed by atoms with Crippen molar-refractivity contribution in [3.05, 3.63) is 146 Å². The minimum atomic E-state index is 0.930. The summed E-state index contributed by atoms with van der Waals surface area (Å²) in [4.78, 5) is 10.2. The normalized spacial score (nSPS) is 11.8. The van der Waals surface area contributed by atoms with E-state index in [-0.39, 0.29) is 0 Å². The first kappa shape index (κ1) is 23.1. The second-order valence-electron chi connectivity index (χ2n) is 11.1. The van der Waals surface area contributed by atoms with Crippen LogP contribution in [0.15, 0.2) is 146 Å². The van der Waals surface area contributed by atoms with Crippen LogP contribution in [-0.2, 0) is 0 Å². The zero-order valence-corrected chi connectivity index (χ0v) is 22.8. The zero-order chi connectivity index (χ0) is 27.6. The minimum Gasteiger partial charge on any atom is -0.245 e. The molecule has 9 aromatic rings. The van der Waals surface area contributed by atoms with Crippen LogP contribution in [0.2, 0.25) is 0 Å². The molecule has 0 radical (unpaired) electrons. The van der Waals surface area contributed by atoms with E-state index >= 15 is 0 Å². The van der Waals surface area contributed by atoms with Crippen LogP contribution in [-0.4, -0.2) is 9.97 Å². The van der Waals surface area contributed by atoms with Gasteiger partial charge in [0, 0.05) is 21.9 Å². The number of hydrogen-bond donors (Lipinski definition) is 0. The molecule has 0 spiro atoms. The van der Waals surface area contributed by atoms with Gasteiger partial charge in [0.15, 0.2) is 0 Å². The van der Waals surface area contributed by atoms with Crippen molar-refractivity contribution in [3.8, 4) is 33.6 Å². The summed E-state index contributed by atoms with van der Waals surface area (Å²) in [7, 11) is 0. The Morgan fingerprint density at radius 3 is 1.33 bits per heavy atom. The fourth-order valence-electron chi connectivity index (χ4n) is 6.45. The summed E-state index contributed by atoms with van der Waals surface area (Å²) >= 11 is 0. The molecule has 2 nitrogen and oxygen atoms in total. The number of nitrogens with zero attached hydrogens (tertiary/aromatic N) is 2. The molecule has 194 valence electrons. The van der Waals surface area contributed by atoms with Crippen LogP contribution in [0.25, 0.3) is 87.8 Å². The van der Waals surface area contributed by atoms with Gasteiger partial charge in [0.2, 0.25) is 0 Å². The molecule has 0 fully saturated rings. The van der Waals surface area contributed by atoms with E-state index < -0.39 is 0 Å². The molecule has 0 unspecified atom stereocenters. The van der Waals surface area contributed by atoms with Crippen LogP contribution in [0, 0.1) is 0 Å². The Bertz CT molecular complexity index is 2380. The Hall–Kier alpha value is -5.60. The Morgan fingerprint density at radius 1 is 0.286 bits per heavy atom. The third-order valence-corrected chi connectivity index (χ3v) is 8.57. The van der Waals surface area contributed by atoms with Gasteiger partial charge < -0.3 is 0 Å². The van der Waals surface area contributed by atoms with E-state index in [4.69, 9.17) is 9.97 Å². The highest BCUT2D eigenvalue weighted by Gasteiger charge is 2.12. The summed E-state index contributed by atoms with van der Waals surface area (Å²) in [6.07, 6.45) is 0. The molecular weight excluding hydrogens is 508 g/mol. The van der Waals surface area contributed by atoms with Gasteiger partial charge in [-0.15, -0.1) is 0 Å². The number of pyridine rings is 2. The van der Waals surface area contributed by atoms with Gasteiger partial charge in [0.05, 0.1) is 22.4 Å². The molecule has 0 aliphatic rings. The first-order valence-electron chi connectivity index (χ1n) is 14.3. The van der Waals surface area contributed by atoms with Gasteiger partial charge in [-0.3, -0.25) is 0 Å². The average molecular weight is 533 g/mol. The molecule has 0 bridgehead atoms. The molecule has 7 aromatic carbocycles. The summed E-state index contributed by atoms with van der Waals surface area (Å²) < 4.78 is 0. The van der Waals surface area contributed by atoms with Crippen molar-refractivity contribution < 1.29 is 0 Å². The highest BCUT2D eigenvalue weighted by Crippen LogP contribution is 2.38. The third kappa shape index (κ3) is 3.59. The molecule has 0 saturated carbocycles. The Kier molecular flexibility index (Phi) is 4.93. The fourth-order valence-corrected chi connectivity index (χ4v) is 6.45. The monoisotopic (exact) mass is 532 g/mol. The third-order valence-electron chi connectivity index (χ3n) is 8.57. The maximum absolute atomic E-state index is 5.14. The van der Waals surface area contributed by atoms with Gasteiger partial charge in [-0.25, -0.2) is 9.97 Å². The average Bonchev–Trinajstić information content (AvgIpc) is 3.07. The van der Waals surface area contributed by atoms with Crippen LogP contribution in [0.5, 0.6) is 0 Å². The first-order valence-corrected chi connectivity index (χ1v) is 14.3. The van der Waals surface area contributed by atoms with Crippen molar-refractivity contribution in [2.24, 2.45) is 0 Å². The largest absolute Gasteiger partial charge is 0.245 e. The molecule has 9 rings (SSSR count). The van der Waals surface area contributed by atoms with E-state index in [0.29, 0.717) is 0 Å². The van der Waals surface area contributed by atoms with E-state index in [2.05, 4.69) is 127 Å². The number of fused-ring (bicyclic) bond motifs is 3. The summed E-state index contributed by atoms with van der Waals surface area (Å²) in [6.45, 7) is 0. The molecular formula is C40H24N2. The number of hydrogen-bond acceptors (Lipinski definition) is 2. The van der Waals surface area contributed by atoms with E-state index in [1.54, 1.807) is 0 Å². The van der Waals surface area contributed by atoms with Gasteiger partial charge in [-0.2, -0.15) is 0 Å². The summed E-state index contributed by atoms with van der Waals surface area (Å²) in [5.41, 5.74) is 8.39. The lowest BCUT2D eigenvalue weighted by atomic mass is 9.91. The molecule has 0 amide bonds. The van der Waals surface area contributed by atoms with E-state index in [1.165, 1.54) is 43.4 Å². The number of rotatable bonds is 3. The van der Waals surface area contributed by atoms with Crippen molar-refractivity contribution in [2.75, 3.05) is 0 Å². The van der Waals surface area contributed by atoms with E-state index in [0.717, 1.165) is 44.3 Å². The van der Waals surface area contributed by atoms with E-state index in [1.807, 2.05) is 18.2 Å². The second-order valence-corrected chi connectivity index (χ2v) is 11.1. The first-order chi connectivity index (χ1) is 20.8. The molecule has 42 heavy (non-hydrogen) atoms. The minimum absolute atomic E-state index is 0.930. The summed E-state index contributed by atoms with van der Waals surface area (Å²) in [5, 5.41) is 10.0. The van der Waals surface area contributed by atoms with Gasteiger partial charge in [0.1, 0.15) is 0 Å². The molecule has 0 N–H and O–H groups in total. The van der Waals surface area contributed by atoms with Crippen LogP contribution in [0.4, 0.5) is 0 Å². The standard InChI is InChI=1S/C40H24N2/c1-2-5-26(6-3-1)35-21-19-30-15-16-31-20-22-36(42-40(31)39(30)41-35)27-11-9-25(10-12-27)34-23-32-17-13-28-7-4-8-29-14-18-33(24-34)38(32)37(28)29/h1-24H. The van der Waals surface area contributed by atoms with Crippen LogP contribution in [0.1, 0.15) is 0 Å². The van der Waals surface area contributed by atoms with Crippen molar-refractivity contribution in [2.45, 2.75) is 0 Å². The fraction of sp³-hybridized carbons (Fsp3) is 0. The molecule has 0 aliphatic heterocycles. The highest BCUT2D eigenvalue weighted by molar-refractivity contribution is 6.23. The quantitative estimate of drug-likeness (QED) is 0.212. The molecule has 2 aromatic heterocycles. The summed E-state index contributed by atoms with van der Waals surface area (Å²) in [5.74, 6) is 0. The molecule has 0 aliphatic carbocycles. The van der Waals surface area contributed by atoms with Gasteiger partial charge >= 0.3 is 0 Å². The molecule has 0 atom stereocenters. The Balaban J connectivity index is 1.13. The van der Waals surface area contributed by atoms with Crippen molar-refractivity contribution in [3.63, 3.8) is 0 Å².